The molecule has 2 aliphatic heterocycles. The molecule has 0 aliphatic carbocycles. The van der Waals surface area contributed by atoms with Crippen LogP contribution in [0, 0.1) is 0 Å². The van der Waals surface area contributed by atoms with E-state index in [0.29, 0.717) is 70.6 Å². The van der Waals surface area contributed by atoms with Crippen molar-refractivity contribution in [2.45, 2.75) is 64.6 Å². The lowest BCUT2D eigenvalue weighted by Gasteiger charge is -2.46. The third kappa shape index (κ3) is 6.40. The molecular weight excluding hydrogens is 685 g/mol. The highest BCUT2D eigenvalue weighted by Crippen LogP contribution is 2.54. The standard InChI is InChI=1S/C40H45Cl2N5O4/c1-9-51-32-22-35(38(2,3)4)44-24-30(32)36-45-39(5,26-10-14-28(41)15-11-26)40(6,27-12-16-29(42)17-13-27)47(36)37(48)46-19-18-43-23-25-20-33(49-7)34(50-8)21-31(25)46/h10-17,20-22,24,43H,9,18-19,23H2,1-8H3/t39-,40+/m0/s1. The summed E-state index contributed by atoms with van der Waals surface area (Å²) in [5.41, 5.74) is 2.44. The normalized spacial score (nSPS) is 20.4. The van der Waals surface area contributed by atoms with Gasteiger partial charge < -0.3 is 19.5 Å². The number of amides is 2. The number of pyridine rings is 1. The second-order valence-corrected chi connectivity index (χ2v) is 15.0. The summed E-state index contributed by atoms with van der Waals surface area (Å²) >= 11 is 12.9. The average Bonchev–Trinajstić information content (AvgIpc) is 3.21. The predicted octanol–water partition coefficient (Wildman–Crippen LogP) is 8.72. The zero-order valence-corrected chi connectivity index (χ0v) is 31.9. The number of halogens is 2. The quantitative estimate of drug-likeness (QED) is 0.205. The number of nitrogens with zero attached hydrogens (tertiary/aromatic N) is 4. The number of aliphatic imine (C=N–C) groups is 1. The molecule has 0 fully saturated rings. The molecule has 0 radical (unpaired) electrons. The van der Waals surface area contributed by atoms with Crippen molar-refractivity contribution < 1.29 is 19.0 Å². The number of anilines is 1. The Hall–Kier alpha value is -4.31. The van der Waals surface area contributed by atoms with Crippen LogP contribution in [0.3, 0.4) is 0 Å². The Kier molecular flexibility index (Phi) is 10.0. The monoisotopic (exact) mass is 729 g/mol. The van der Waals surface area contributed by atoms with Gasteiger partial charge in [-0.3, -0.25) is 19.8 Å². The maximum Gasteiger partial charge on any atom is 0.331 e. The second-order valence-electron chi connectivity index (χ2n) is 14.1. The molecule has 2 amide bonds. The molecule has 0 bridgehead atoms. The fourth-order valence-corrected chi connectivity index (χ4v) is 7.27. The van der Waals surface area contributed by atoms with E-state index in [0.717, 1.165) is 22.4 Å². The van der Waals surface area contributed by atoms with Crippen molar-refractivity contribution in [3.63, 3.8) is 0 Å². The molecule has 0 unspecified atom stereocenters. The molecule has 6 rings (SSSR count). The second kappa shape index (κ2) is 14.0. The number of fused-ring (bicyclic) bond motifs is 1. The lowest BCUT2D eigenvalue weighted by atomic mass is 9.71. The van der Waals surface area contributed by atoms with Gasteiger partial charge in [-0.25, -0.2) is 4.79 Å². The number of aromatic nitrogens is 1. The number of ether oxygens (including phenoxy) is 3. The van der Waals surface area contributed by atoms with Gasteiger partial charge >= 0.3 is 6.03 Å². The van der Waals surface area contributed by atoms with E-state index in [-0.39, 0.29) is 11.4 Å². The molecule has 51 heavy (non-hydrogen) atoms. The molecule has 2 atom stereocenters. The summed E-state index contributed by atoms with van der Waals surface area (Å²) in [4.78, 5) is 29.8. The van der Waals surface area contributed by atoms with Gasteiger partial charge in [0.15, 0.2) is 11.5 Å². The van der Waals surface area contributed by atoms with Crippen molar-refractivity contribution >= 4 is 40.8 Å². The minimum Gasteiger partial charge on any atom is -0.493 e. The first kappa shape index (κ1) is 36.5. The summed E-state index contributed by atoms with van der Waals surface area (Å²) < 4.78 is 17.7. The van der Waals surface area contributed by atoms with E-state index in [9.17, 15) is 0 Å². The fraction of sp³-hybridized carbons (Fsp3) is 0.375. The topological polar surface area (TPSA) is 88.5 Å². The Morgan fingerprint density at radius 1 is 0.902 bits per heavy atom. The van der Waals surface area contributed by atoms with Gasteiger partial charge in [-0.05, 0) is 67.8 Å². The van der Waals surface area contributed by atoms with Gasteiger partial charge in [0.1, 0.15) is 22.7 Å². The van der Waals surface area contributed by atoms with Crippen LogP contribution in [0.15, 0.2) is 77.9 Å². The maximum atomic E-state index is 15.7. The van der Waals surface area contributed by atoms with Gasteiger partial charge in [0, 0.05) is 59.1 Å². The van der Waals surface area contributed by atoms with Crippen LogP contribution < -0.4 is 24.4 Å². The highest BCUT2D eigenvalue weighted by atomic mass is 35.5. The third-order valence-electron chi connectivity index (χ3n) is 10.0. The number of urea groups is 1. The molecule has 2 aliphatic rings. The van der Waals surface area contributed by atoms with Crippen molar-refractivity contribution in [2.75, 3.05) is 38.8 Å². The summed E-state index contributed by atoms with van der Waals surface area (Å²) in [7, 11) is 3.20. The number of hydrogen-bond acceptors (Lipinski definition) is 7. The van der Waals surface area contributed by atoms with Gasteiger partial charge in [0.2, 0.25) is 0 Å². The van der Waals surface area contributed by atoms with E-state index in [2.05, 4.69) is 39.9 Å². The molecule has 3 heterocycles. The van der Waals surface area contributed by atoms with E-state index < -0.39 is 11.1 Å². The van der Waals surface area contributed by atoms with Crippen LogP contribution in [-0.2, 0) is 23.0 Å². The van der Waals surface area contributed by atoms with E-state index in [1.807, 2.05) is 78.6 Å². The number of rotatable bonds is 7. The molecule has 3 aromatic carbocycles. The first-order valence-electron chi connectivity index (χ1n) is 17.1. The minimum absolute atomic E-state index is 0.240. The molecular formula is C40H45Cl2N5O4. The van der Waals surface area contributed by atoms with Crippen LogP contribution in [0.25, 0.3) is 0 Å². The van der Waals surface area contributed by atoms with Gasteiger partial charge in [-0.2, -0.15) is 0 Å². The van der Waals surface area contributed by atoms with Gasteiger partial charge in [0.25, 0.3) is 0 Å². The van der Waals surface area contributed by atoms with Crippen LogP contribution in [0.4, 0.5) is 10.5 Å². The molecule has 4 aromatic rings. The highest BCUT2D eigenvalue weighted by Gasteiger charge is 2.60. The van der Waals surface area contributed by atoms with Crippen molar-refractivity contribution in [2.24, 2.45) is 4.99 Å². The Balaban J connectivity index is 1.66. The zero-order chi connectivity index (χ0) is 36.7. The van der Waals surface area contributed by atoms with Crippen LogP contribution in [0.2, 0.25) is 10.0 Å². The zero-order valence-electron chi connectivity index (χ0n) is 30.4. The van der Waals surface area contributed by atoms with E-state index in [1.54, 1.807) is 25.3 Å². The largest absolute Gasteiger partial charge is 0.493 e. The van der Waals surface area contributed by atoms with Crippen LogP contribution in [0.1, 0.15) is 69.5 Å². The van der Waals surface area contributed by atoms with Gasteiger partial charge in [-0.1, -0.05) is 68.2 Å². The molecule has 1 aromatic heterocycles. The smallest absolute Gasteiger partial charge is 0.331 e. The van der Waals surface area contributed by atoms with E-state index in [1.165, 1.54) is 0 Å². The van der Waals surface area contributed by atoms with Crippen molar-refractivity contribution in [3.05, 3.63) is 111 Å². The van der Waals surface area contributed by atoms with Crippen molar-refractivity contribution in [3.8, 4) is 17.2 Å². The number of benzene rings is 3. The summed E-state index contributed by atoms with van der Waals surface area (Å²) in [6.45, 7) is 14.3. The number of methoxy groups -OCH3 is 2. The Bertz CT molecular complexity index is 1960. The number of nitrogens with one attached hydrogen (secondary N) is 1. The predicted molar refractivity (Wildman–Crippen MR) is 204 cm³/mol. The number of carbonyl (C=O) groups is 1. The number of carbonyl (C=O) groups excluding carboxylic acids is 1. The molecule has 9 nitrogen and oxygen atoms in total. The summed E-state index contributed by atoms with van der Waals surface area (Å²) in [5.74, 6) is 2.14. The van der Waals surface area contributed by atoms with Crippen molar-refractivity contribution in [1.82, 2.24) is 15.2 Å². The van der Waals surface area contributed by atoms with Crippen LogP contribution >= 0.6 is 23.2 Å². The number of amidine groups is 1. The summed E-state index contributed by atoms with van der Waals surface area (Å²) in [6, 6.07) is 20.7. The first-order valence-corrected chi connectivity index (χ1v) is 17.9. The fourth-order valence-electron chi connectivity index (χ4n) is 7.01. The summed E-state index contributed by atoms with van der Waals surface area (Å²) in [5, 5.41) is 4.65. The molecule has 268 valence electrons. The lowest BCUT2D eigenvalue weighted by Crippen LogP contribution is -2.59. The Morgan fingerprint density at radius 2 is 1.51 bits per heavy atom. The van der Waals surface area contributed by atoms with E-state index in [4.69, 9.17) is 47.4 Å². The number of hydrogen-bond donors (Lipinski definition) is 1. The third-order valence-corrected chi connectivity index (χ3v) is 10.6. The first-order chi connectivity index (χ1) is 24.3. The van der Waals surface area contributed by atoms with Crippen molar-refractivity contribution in [1.29, 1.82) is 0 Å². The van der Waals surface area contributed by atoms with Crippen LogP contribution in [-0.4, -0.2) is 55.7 Å². The minimum atomic E-state index is -1.10. The molecule has 0 spiro atoms. The maximum absolute atomic E-state index is 15.7. The highest BCUT2D eigenvalue weighted by molar-refractivity contribution is 6.30. The van der Waals surface area contributed by atoms with Gasteiger partial charge in [0.05, 0.1) is 32.1 Å². The summed E-state index contributed by atoms with van der Waals surface area (Å²) in [6.07, 6.45) is 1.78. The molecule has 11 heteroatoms. The van der Waals surface area contributed by atoms with E-state index >= 15 is 4.79 Å². The Labute approximate surface area is 310 Å². The van der Waals surface area contributed by atoms with Gasteiger partial charge in [-0.15, -0.1) is 0 Å². The average molecular weight is 731 g/mol. The molecule has 0 saturated heterocycles. The lowest BCUT2D eigenvalue weighted by molar-refractivity contribution is 0.139. The van der Waals surface area contributed by atoms with Crippen LogP contribution in [0.5, 0.6) is 17.2 Å². The Morgan fingerprint density at radius 3 is 2.10 bits per heavy atom. The molecule has 1 N–H and O–H groups in total. The molecule has 0 saturated carbocycles. The SMILES string of the molecule is CCOc1cc(C(C)(C)C)ncc1C1=N[C@@](C)(c2ccc(Cl)cc2)[C@@](C)(c2ccc(Cl)cc2)N1C(=O)N1CCNCc2cc(OC)c(OC)cc21.